The molecule has 1 aromatic heterocycles. The van der Waals surface area contributed by atoms with Crippen molar-refractivity contribution in [3.63, 3.8) is 0 Å². The quantitative estimate of drug-likeness (QED) is 0.844. The minimum Gasteiger partial charge on any atom is -0.423 e. The summed E-state index contributed by atoms with van der Waals surface area (Å²) in [6, 6.07) is 6.28. The van der Waals surface area contributed by atoms with Gasteiger partial charge < -0.3 is 14.6 Å². The lowest BCUT2D eigenvalue weighted by molar-refractivity contribution is -0.126. The normalized spacial score (nSPS) is 21.6. The largest absolute Gasteiger partial charge is 0.423 e. The number of oxazole rings is 1. The number of nitrogens with zero attached hydrogens (tertiary/aromatic N) is 2. The van der Waals surface area contributed by atoms with Crippen molar-refractivity contribution in [2.45, 2.75) is 38.1 Å². The van der Waals surface area contributed by atoms with E-state index < -0.39 is 0 Å². The first-order chi connectivity index (χ1) is 12.2. The maximum Gasteiger partial charge on any atom is 0.298 e. The number of piperidine rings is 1. The molecule has 1 aromatic carbocycles. The Labute approximate surface area is 152 Å². The summed E-state index contributed by atoms with van der Waals surface area (Å²) in [7, 11) is 0. The third-order valence-corrected chi connectivity index (χ3v) is 5.29. The second-order valence-electron chi connectivity index (χ2n) is 6.84. The van der Waals surface area contributed by atoms with E-state index in [9.17, 15) is 4.79 Å². The topological polar surface area (TPSA) is 58.4 Å². The van der Waals surface area contributed by atoms with Gasteiger partial charge in [0.1, 0.15) is 5.52 Å². The van der Waals surface area contributed by atoms with E-state index in [1.54, 1.807) is 6.07 Å². The number of fused-ring (bicyclic) bond motifs is 1. The smallest absolute Gasteiger partial charge is 0.298 e. The Balaban J connectivity index is 1.36. The summed E-state index contributed by atoms with van der Waals surface area (Å²) in [6.07, 6.45) is 9.26. The molecule has 132 valence electrons. The Hall–Kier alpha value is -2.01. The first-order valence-electron chi connectivity index (χ1n) is 8.97. The van der Waals surface area contributed by atoms with E-state index in [0.29, 0.717) is 16.6 Å². The summed E-state index contributed by atoms with van der Waals surface area (Å²) in [6.45, 7) is 1.55. The first kappa shape index (κ1) is 16.5. The molecule has 0 radical (unpaired) electrons. The summed E-state index contributed by atoms with van der Waals surface area (Å²) in [4.78, 5) is 19.1. The third kappa shape index (κ3) is 3.66. The van der Waals surface area contributed by atoms with E-state index in [1.807, 2.05) is 12.1 Å². The van der Waals surface area contributed by atoms with Crippen molar-refractivity contribution in [2.75, 3.05) is 18.0 Å². The number of rotatable bonds is 3. The van der Waals surface area contributed by atoms with Gasteiger partial charge in [-0.25, -0.2) is 0 Å². The second kappa shape index (κ2) is 7.08. The van der Waals surface area contributed by atoms with Crippen molar-refractivity contribution in [1.29, 1.82) is 0 Å². The molecule has 5 nitrogen and oxygen atoms in total. The Morgan fingerprint density at radius 2 is 2.12 bits per heavy atom. The lowest BCUT2D eigenvalue weighted by Crippen LogP contribution is -2.43. The number of aromatic nitrogens is 1. The van der Waals surface area contributed by atoms with Crippen LogP contribution in [0, 0.1) is 5.92 Å². The van der Waals surface area contributed by atoms with Gasteiger partial charge in [-0.15, -0.1) is 0 Å². The van der Waals surface area contributed by atoms with Gasteiger partial charge in [0.2, 0.25) is 5.91 Å². The molecule has 0 saturated carbocycles. The average Bonchev–Trinajstić information content (AvgIpc) is 3.06. The summed E-state index contributed by atoms with van der Waals surface area (Å²) in [5.74, 6) is 0.256. The molecule has 1 fully saturated rings. The fourth-order valence-electron chi connectivity index (χ4n) is 3.59. The highest BCUT2D eigenvalue weighted by atomic mass is 35.5. The van der Waals surface area contributed by atoms with E-state index in [4.69, 9.17) is 16.0 Å². The first-order valence-corrected chi connectivity index (χ1v) is 9.35. The Morgan fingerprint density at radius 1 is 1.28 bits per heavy atom. The number of hydrogen-bond donors (Lipinski definition) is 1. The molecule has 2 heterocycles. The van der Waals surface area contributed by atoms with Crippen LogP contribution in [-0.2, 0) is 4.79 Å². The van der Waals surface area contributed by atoms with Gasteiger partial charge in [0.05, 0.1) is 0 Å². The highest BCUT2D eigenvalue weighted by Crippen LogP contribution is 2.28. The number of halogens is 1. The zero-order chi connectivity index (χ0) is 17.2. The SMILES string of the molecule is O=C(NC1C=CCCC1)C1CCN(c2nc3ccc(Cl)cc3o2)CC1. The van der Waals surface area contributed by atoms with Crippen LogP contribution in [0.25, 0.3) is 11.1 Å². The highest BCUT2D eigenvalue weighted by Gasteiger charge is 2.28. The number of hydrogen-bond acceptors (Lipinski definition) is 4. The molecular formula is C19H22ClN3O2. The number of allylic oxidation sites excluding steroid dienone is 1. The Morgan fingerprint density at radius 3 is 2.88 bits per heavy atom. The van der Waals surface area contributed by atoms with Gasteiger partial charge >= 0.3 is 0 Å². The maximum atomic E-state index is 12.5. The fourth-order valence-corrected chi connectivity index (χ4v) is 3.75. The van der Waals surface area contributed by atoms with Gasteiger partial charge in [0, 0.05) is 36.1 Å². The molecule has 1 amide bonds. The van der Waals surface area contributed by atoms with Crippen LogP contribution in [0.15, 0.2) is 34.8 Å². The minimum atomic E-state index is 0.0744. The maximum absolute atomic E-state index is 12.5. The lowest BCUT2D eigenvalue weighted by atomic mass is 9.95. The van der Waals surface area contributed by atoms with Gasteiger partial charge in [0.15, 0.2) is 5.58 Å². The average molecular weight is 360 g/mol. The predicted molar refractivity (Wildman–Crippen MR) is 98.9 cm³/mol. The molecule has 2 aliphatic rings. The summed E-state index contributed by atoms with van der Waals surface area (Å²) < 4.78 is 5.83. The van der Waals surface area contributed by atoms with Crippen molar-refractivity contribution in [1.82, 2.24) is 10.3 Å². The van der Waals surface area contributed by atoms with Gasteiger partial charge in [-0.2, -0.15) is 4.98 Å². The third-order valence-electron chi connectivity index (χ3n) is 5.06. The van der Waals surface area contributed by atoms with Crippen molar-refractivity contribution < 1.29 is 9.21 Å². The van der Waals surface area contributed by atoms with Gasteiger partial charge in [-0.1, -0.05) is 23.8 Å². The molecule has 1 saturated heterocycles. The zero-order valence-electron chi connectivity index (χ0n) is 14.1. The van der Waals surface area contributed by atoms with Crippen molar-refractivity contribution >= 4 is 34.6 Å². The van der Waals surface area contributed by atoms with Crippen molar-refractivity contribution in [2.24, 2.45) is 5.92 Å². The van der Waals surface area contributed by atoms with Gasteiger partial charge in [-0.05, 0) is 44.2 Å². The van der Waals surface area contributed by atoms with Gasteiger partial charge in [0.25, 0.3) is 6.01 Å². The predicted octanol–water partition coefficient (Wildman–Crippen LogP) is 3.92. The molecule has 1 N–H and O–H groups in total. The van der Waals surface area contributed by atoms with E-state index in [0.717, 1.165) is 50.7 Å². The number of carbonyl (C=O) groups is 1. The summed E-state index contributed by atoms with van der Waals surface area (Å²) in [5, 5.41) is 3.81. The van der Waals surface area contributed by atoms with Crippen LogP contribution in [-0.4, -0.2) is 30.0 Å². The molecule has 1 aliphatic carbocycles. The van der Waals surface area contributed by atoms with Crippen molar-refractivity contribution in [3.8, 4) is 0 Å². The molecule has 0 spiro atoms. The molecule has 25 heavy (non-hydrogen) atoms. The standard InChI is InChI=1S/C19H22ClN3O2/c20-14-6-7-16-17(12-14)25-19(22-16)23-10-8-13(9-11-23)18(24)21-15-4-2-1-3-5-15/h2,4,6-7,12-13,15H,1,3,5,8-11H2,(H,21,24). The van der Waals surface area contributed by atoms with E-state index in [1.165, 1.54) is 0 Å². The van der Waals surface area contributed by atoms with Crippen LogP contribution in [0.3, 0.4) is 0 Å². The lowest BCUT2D eigenvalue weighted by Gasteiger charge is -2.31. The monoisotopic (exact) mass is 359 g/mol. The fraction of sp³-hybridized carbons (Fsp3) is 0.474. The zero-order valence-corrected chi connectivity index (χ0v) is 14.8. The molecule has 6 heteroatoms. The molecular weight excluding hydrogens is 338 g/mol. The molecule has 0 bridgehead atoms. The van der Waals surface area contributed by atoms with E-state index >= 15 is 0 Å². The Bertz CT molecular complexity index is 793. The molecule has 1 unspecified atom stereocenters. The minimum absolute atomic E-state index is 0.0744. The van der Waals surface area contributed by atoms with Crippen molar-refractivity contribution in [3.05, 3.63) is 35.4 Å². The summed E-state index contributed by atoms with van der Waals surface area (Å²) >= 11 is 6.00. The van der Waals surface area contributed by atoms with Crippen LogP contribution in [0.4, 0.5) is 6.01 Å². The second-order valence-corrected chi connectivity index (χ2v) is 7.28. The Kier molecular flexibility index (Phi) is 4.66. The van der Waals surface area contributed by atoms with E-state index in [2.05, 4.69) is 27.4 Å². The van der Waals surface area contributed by atoms with Crippen LogP contribution in [0.5, 0.6) is 0 Å². The highest BCUT2D eigenvalue weighted by molar-refractivity contribution is 6.31. The van der Waals surface area contributed by atoms with E-state index in [-0.39, 0.29) is 17.9 Å². The number of amides is 1. The van der Waals surface area contributed by atoms with Gasteiger partial charge in [-0.3, -0.25) is 4.79 Å². The number of anilines is 1. The molecule has 1 aliphatic heterocycles. The summed E-state index contributed by atoms with van der Waals surface area (Å²) in [5.41, 5.74) is 1.51. The van der Waals surface area contributed by atoms with Crippen LogP contribution in [0.2, 0.25) is 5.02 Å². The number of nitrogens with one attached hydrogen (secondary N) is 1. The van der Waals surface area contributed by atoms with Crippen LogP contribution in [0.1, 0.15) is 32.1 Å². The van der Waals surface area contributed by atoms with Crippen LogP contribution < -0.4 is 10.2 Å². The molecule has 1 atom stereocenters. The van der Waals surface area contributed by atoms with Crippen LogP contribution >= 0.6 is 11.6 Å². The molecule has 4 rings (SSSR count). The number of benzene rings is 1. The molecule has 2 aromatic rings. The number of carbonyl (C=O) groups excluding carboxylic acids is 1.